The molecule has 140 valence electrons. The smallest absolute Gasteiger partial charge is 0.330 e. The van der Waals surface area contributed by atoms with Crippen LogP contribution in [0.4, 0.5) is 0 Å². The normalized spacial score (nSPS) is 13.4. The third kappa shape index (κ3) is 6.63. The van der Waals surface area contributed by atoms with Gasteiger partial charge in [0.25, 0.3) is 0 Å². The fourth-order valence-corrected chi connectivity index (χ4v) is 2.57. The van der Waals surface area contributed by atoms with Crippen molar-refractivity contribution in [2.24, 2.45) is 0 Å². The van der Waals surface area contributed by atoms with Crippen molar-refractivity contribution in [2.75, 3.05) is 6.61 Å². The topological polar surface area (TPSA) is 35.5 Å². The zero-order valence-corrected chi connectivity index (χ0v) is 16.1. The number of rotatable bonds is 8. The van der Waals surface area contributed by atoms with E-state index < -0.39 is 0 Å². The van der Waals surface area contributed by atoms with E-state index in [2.05, 4.69) is 0 Å². The lowest BCUT2D eigenvalue weighted by Crippen LogP contribution is -2.09. The van der Waals surface area contributed by atoms with Crippen LogP contribution < -0.4 is 4.74 Å². The molecule has 0 aliphatic rings. The molecule has 0 radical (unpaired) electrons. The van der Waals surface area contributed by atoms with Crippen molar-refractivity contribution in [1.29, 1.82) is 0 Å². The third-order valence-electron chi connectivity index (χ3n) is 3.91. The second-order valence-corrected chi connectivity index (χ2v) is 5.98. The molecule has 0 aromatic heterocycles. The highest BCUT2D eigenvalue weighted by atomic mass is 16.5. The molecular formula is C24H26O3. The molecule has 0 saturated carbocycles. The Morgan fingerprint density at radius 1 is 1.00 bits per heavy atom. The van der Waals surface area contributed by atoms with Crippen molar-refractivity contribution >= 4 is 5.97 Å². The first-order chi connectivity index (χ1) is 13.1. The number of hydrogen-bond donors (Lipinski definition) is 0. The number of allylic oxidation sites excluding steroid dienone is 3. The van der Waals surface area contributed by atoms with Crippen LogP contribution in [0.1, 0.15) is 32.4 Å². The average molecular weight is 362 g/mol. The maximum Gasteiger partial charge on any atom is 0.330 e. The van der Waals surface area contributed by atoms with Gasteiger partial charge in [-0.1, -0.05) is 66.8 Å². The minimum absolute atomic E-state index is 0.245. The van der Waals surface area contributed by atoms with E-state index in [-0.39, 0.29) is 12.1 Å². The van der Waals surface area contributed by atoms with Gasteiger partial charge in [0.2, 0.25) is 0 Å². The van der Waals surface area contributed by atoms with Gasteiger partial charge in [0.1, 0.15) is 11.9 Å². The second-order valence-electron chi connectivity index (χ2n) is 5.98. The lowest BCUT2D eigenvalue weighted by molar-refractivity contribution is -0.137. The lowest BCUT2D eigenvalue weighted by atomic mass is 10.00. The van der Waals surface area contributed by atoms with Crippen molar-refractivity contribution in [2.45, 2.75) is 26.9 Å². The predicted molar refractivity (Wildman–Crippen MR) is 110 cm³/mol. The summed E-state index contributed by atoms with van der Waals surface area (Å²) in [6, 6.07) is 19.8. The number of para-hydroxylation sites is 1. The molecule has 0 saturated heterocycles. The lowest BCUT2D eigenvalue weighted by Gasteiger charge is -2.21. The van der Waals surface area contributed by atoms with Crippen LogP contribution >= 0.6 is 0 Å². The van der Waals surface area contributed by atoms with Gasteiger partial charge in [0.15, 0.2) is 0 Å². The molecule has 1 unspecified atom stereocenters. The largest absolute Gasteiger partial charge is 0.481 e. The molecule has 3 heteroatoms. The van der Waals surface area contributed by atoms with Gasteiger partial charge in [-0.25, -0.2) is 4.79 Å². The van der Waals surface area contributed by atoms with Crippen LogP contribution in [-0.2, 0) is 9.53 Å². The fraction of sp³-hybridized carbons (Fsp3) is 0.208. The Balaban J connectivity index is 2.27. The van der Waals surface area contributed by atoms with Crippen LogP contribution in [0, 0.1) is 0 Å². The van der Waals surface area contributed by atoms with Gasteiger partial charge in [-0.2, -0.15) is 0 Å². The van der Waals surface area contributed by atoms with Gasteiger partial charge < -0.3 is 9.47 Å². The van der Waals surface area contributed by atoms with Crippen LogP contribution in [0.15, 0.2) is 96.1 Å². The average Bonchev–Trinajstić information content (AvgIpc) is 2.69. The molecule has 27 heavy (non-hydrogen) atoms. The van der Waals surface area contributed by atoms with Crippen molar-refractivity contribution in [3.8, 4) is 5.75 Å². The Bertz CT molecular complexity index is 802. The number of esters is 1. The first kappa shape index (κ1) is 20.2. The summed E-state index contributed by atoms with van der Waals surface area (Å²) in [5.74, 6) is 0.472. The van der Waals surface area contributed by atoms with Crippen LogP contribution in [-0.4, -0.2) is 12.6 Å². The van der Waals surface area contributed by atoms with Gasteiger partial charge in [-0.05, 0) is 49.6 Å². The summed E-state index contributed by atoms with van der Waals surface area (Å²) in [6.45, 7) is 6.01. The number of benzene rings is 2. The maximum atomic E-state index is 11.6. The summed E-state index contributed by atoms with van der Waals surface area (Å²) in [6.07, 6.45) is 7.14. The number of ether oxygens (including phenoxy) is 2. The predicted octanol–water partition coefficient (Wildman–Crippen LogP) is 5.82. The molecule has 3 nitrogen and oxygen atoms in total. The Morgan fingerprint density at radius 3 is 2.22 bits per heavy atom. The van der Waals surface area contributed by atoms with Gasteiger partial charge in [0.05, 0.1) is 6.61 Å². The fourth-order valence-electron chi connectivity index (χ4n) is 2.57. The van der Waals surface area contributed by atoms with Crippen molar-refractivity contribution in [1.82, 2.24) is 0 Å². The second kappa shape index (κ2) is 10.8. The van der Waals surface area contributed by atoms with Gasteiger partial charge in [0, 0.05) is 6.08 Å². The van der Waals surface area contributed by atoms with E-state index in [1.54, 1.807) is 6.92 Å². The summed E-state index contributed by atoms with van der Waals surface area (Å²) in [5, 5.41) is 0. The zero-order chi connectivity index (χ0) is 19.5. The van der Waals surface area contributed by atoms with Crippen LogP contribution in [0.5, 0.6) is 5.75 Å². The molecule has 2 aromatic rings. The Hall–Kier alpha value is -3.07. The van der Waals surface area contributed by atoms with Gasteiger partial charge in [-0.15, -0.1) is 0 Å². The van der Waals surface area contributed by atoms with E-state index in [0.717, 1.165) is 22.5 Å². The first-order valence-corrected chi connectivity index (χ1v) is 9.10. The summed E-state index contributed by atoms with van der Waals surface area (Å²) in [5.41, 5.74) is 2.88. The van der Waals surface area contributed by atoms with E-state index in [9.17, 15) is 4.79 Å². The van der Waals surface area contributed by atoms with E-state index in [1.165, 1.54) is 6.08 Å². The van der Waals surface area contributed by atoms with E-state index in [1.807, 2.05) is 92.7 Å². The van der Waals surface area contributed by atoms with Crippen molar-refractivity contribution in [3.05, 3.63) is 102 Å². The molecule has 0 heterocycles. The van der Waals surface area contributed by atoms with Crippen LogP contribution in [0.3, 0.4) is 0 Å². The molecule has 2 rings (SSSR count). The summed E-state index contributed by atoms with van der Waals surface area (Å²) in [7, 11) is 0. The van der Waals surface area contributed by atoms with E-state index in [4.69, 9.17) is 9.47 Å². The molecule has 1 atom stereocenters. The third-order valence-corrected chi connectivity index (χ3v) is 3.91. The Kier molecular flexibility index (Phi) is 8.11. The minimum Gasteiger partial charge on any atom is -0.481 e. The monoisotopic (exact) mass is 362 g/mol. The minimum atomic E-state index is -0.332. The number of carbonyl (C=O) groups excluding carboxylic acids is 1. The molecule has 0 aliphatic heterocycles. The number of carbonyl (C=O) groups is 1. The molecule has 2 aromatic carbocycles. The summed E-state index contributed by atoms with van der Waals surface area (Å²) < 4.78 is 11.2. The highest BCUT2D eigenvalue weighted by Gasteiger charge is 2.16. The summed E-state index contributed by atoms with van der Waals surface area (Å²) >= 11 is 0. The molecule has 0 N–H and O–H groups in total. The molecular weight excluding hydrogens is 336 g/mol. The quantitative estimate of drug-likeness (QED) is 0.337. The highest BCUT2D eigenvalue weighted by molar-refractivity contribution is 5.83. The van der Waals surface area contributed by atoms with Crippen molar-refractivity contribution in [3.63, 3.8) is 0 Å². The van der Waals surface area contributed by atoms with E-state index in [0.29, 0.717) is 6.61 Å². The van der Waals surface area contributed by atoms with Gasteiger partial charge in [-0.3, -0.25) is 0 Å². The zero-order valence-electron chi connectivity index (χ0n) is 16.1. The molecule has 0 bridgehead atoms. The first-order valence-electron chi connectivity index (χ1n) is 9.10. The Morgan fingerprint density at radius 2 is 1.63 bits per heavy atom. The molecule has 0 spiro atoms. The summed E-state index contributed by atoms with van der Waals surface area (Å²) in [4.78, 5) is 11.6. The number of hydrogen-bond acceptors (Lipinski definition) is 3. The van der Waals surface area contributed by atoms with Crippen molar-refractivity contribution < 1.29 is 14.3 Å². The van der Waals surface area contributed by atoms with Gasteiger partial charge >= 0.3 is 5.97 Å². The highest BCUT2D eigenvalue weighted by Crippen LogP contribution is 2.29. The SMILES string of the molecule is C/C=C(/C=C/C(C)=C/C(=O)OCC)C(Oc1ccccc1)c1ccccc1. The van der Waals surface area contributed by atoms with E-state index >= 15 is 0 Å². The van der Waals surface area contributed by atoms with Crippen LogP contribution in [0.2, 0.25) is 0 Å². The Labute approximate surface area is 161 Å². The maximum absolute atomic E-state index is 11.6. The standard InChI is InChI=1S/C24H26O3/c1-4-20(17-16-19(3)18-23(25)26-5-2)24(21-12-8-6-9-13-21)27-22-14-10-7-11-15-22/h4,6-18,24H,5H2,1-3H3/b17-16+,19-18+,20-4-. The van der Waals surface area contributed by atoms with Crippen LogP contribution in [0.25, 0.3) is 0 Å². The molecule has 0 aliphatic carbocycles. The molecule has 0 amide bonds. The molecule has 0 fully saturated rings.